The van der Waals surface area contributed by atoms with Crippen molar-refractivity contribution in [3.05, 3.63) is 53.2 Å². The molecule has 2 aliphatic rings. The van der Waals surface area contributed by atoms with Crippen molar-refractivity contribution in [2.75, 3.05) is 51.8 Å². The first kappa shape index (κ1) is 29.9. The Labute approximate surface area is 235 Å². The summed E-state index contributed by atoms with van der Waals surface area (Å²) in [6.07, 6.45) is 2.37. The van der Waals surface area contributed by atoms with Gasteiger partial charge in [-0.1, -0.05) is 38.1 Å². The third-order valence-corrected chi connectivity index (χ3v) is 8.04. The second-order valence-corrected chi connectivity index (χ2v) is 11.2. The van der Waals surface area contributed by atoms with Gasteiger partial charge in [0.25, 0.3) is 0 Å². The first-order valence-corrected chi connectivity index (χ1v) is 14.0. The van der Waals surface area contributed by atoms with E-state index in [9.17, 15) is 18.4 Å². The maximum Gasteiger partial charge on any atom is 0.388 e. The lowest BCUT2D eigenvalue weighted by atomic mass is 9.69. The largest absolute Gasteiger partial charge is 0.415 e. The molecule has 0 saturated carbocycles. The van der Waals surface area contributed by atoms with Crippen molar-refractivity contribution in [1.82, 2.24) is 14.8 Å². The standard InChI is InChI=1S/C30H40F2N4O4/c1-20(2)23-7-5-6-8-24(23)30(28(38)34-25-10-9-21(3)33-27(25)40-29(31)32)18-36(19-30)26(37)17-22-11-13-35(14-12-22)15-16-39-4/h5-10,20,22,29H,11-19H2,1-4H3,(H,34,38). The van der Waals surface area contributed by atoms with E-state index in [1.165, 1.54) is 6.07 Å². The Kier molecular flexibility index (Phi) is 9.73. The number of hydrogen-bond acceptors (Lipinski definition) is 6. The molecule has 2 fully saturated rings. The van der Waals surface area contributed by atoms with Crippen LogP contribution in [0.5, 0.6) is 5.88 Å². The molecule has 218 valence electrons. The summed E-state index contributed by atoms with van der Waals surface area (Å²) in [5.74, 6) is -0.210. The molecular formula is C30H40F2N4O4. The minimum atomic E-state index is -3.08. The zero-order chi connectivity index (χ0) is 28.9. The number of nitrogens with one attached hydrogen (secondary N) is 1. The van der Waals surface area contributed by atoms with Crippen LogP contribution in [0.4, 0.5) is 14.5 Å². The van der Waals surface area contributed by atoms with E-state index >= 15 is 0 Å². The molecule has 0 unspecified atom stereocenters. The van der Waals surface area contributed by atoms with Crippen molar-refractivity contribution < 1.29 is 27.8 Å². The van der Waals surface area contributed by atoms with Crippen LogP contribution in [0.1, 0.15) is 55.8 Å². The highest BCUT2D eigenvalue weighted by Gasteiger charge is 2.53. The molecule has 8 nitrogen and oxygen atoms in total. The average molecular weight is 559 g/mol. The van der Waals surface area contributed by atoms with Gasteiger partial charge in [0.15, 0.2) is 0 Å². The number of piperidine rings is 1. The van der Waals surface area contributed by atoms with Crippen molar-refractivity contribution in [3.8, 4) is 5.88 Å². The van der Waals surface area contributed by atoms with Crippen molar-refractivity contribution in [2.45, 2.75) is 58.0 Å². The number of rotatable bonds is 11. The number of anilines is 1. The number of hydrogen-bond donors (Lipinski definition) is 1. The van der Waals surface area contributed by atoms with E-state index in [0.29, 0.717) is 24.6 Å². The number of amides is 2. The minimum Gasteiger partial charge on any atom is -0.415 e. The predicted molar refractivity (Wildman–Crippen MR) is 149 cm³/mol. The third-order valence-electron chi connectivity index (χ3n) is 8.04. The summed E-state index contributed by atoms with van der Waals surface area (Å²) >= 11 is 0. The number of halogens is 2. The van der Waals surface area contributed by atoms with Crippen LogP contribution in [0.25, 0.3) is 0 Å². The average Bonchev–Trinajstić information content (AvgIpc) is 2.89. The van der Waals surface area contributed by atoms with Crippen molar-refractivity contribution in [2.24, 2.45) is 5.92 Å². The van der Waals surface area contributed by atoms with E-state index in [4.69, 9.17) is 4.74 Å². The van der Waals surface area contributed by atoms with Crippen LogP contribution < -0.4 is 10.1 Å². The van der Waals surface area contributed by atoms with Gasteiger partial charge in [-0.05, 0) is 68.0 Å². The molecule has 0 bridgehead atoms. The van der Waals surface area contributed by atoms with E-state index in [1.807, 2.05) is 24.3 Å². The first-order valence-electron chi connectivity index (χ1n) is 14.0. The molecule has 10 heteroatoms. The molecule has 2 aromatic rings. The lowest BCUT2D eigenvalue weighted by Gasteiger charge is -2.50. The first-order chi connectivity index (χ1) is 19.1. The van der Waals surface area contributed by atoms with Gasteiger partial charge in [-0.3, -0.25) is 9.59 Å². The molecular weight excluding hydrogens is 518 g/mol. The summed E-state index contributed by atoms with van der Waals surface area (Å²) in [4.78, 5) is 35.4. The van der Waals surface area contributed by atoms with E-state index in [-0.39, 0.29) is 42.4 Å². The number of carbonyl (C=O) groups excluding carboxylic acids is 2. The van der Waals surface area contributed by atoms with Gasteiger partial charge in [0.2, 0.25) is 17.7 Å². The predicted octanol–water partition coefficient (Wildman–Crippen LogP) is 4.58. The van der Waals surface area contributed by atoms with Crippen LogP contribution in [-0.4, -0.2) is 79.7 Å². The maximum absolute atomic E-state index is 14.0. The van der Waals surface area contributed by atoms with Gasteiger partial charge in [0.1, 0.15) is 11.1 Å². The zero-order valence-electron chi connectivity index (χ0n) is 23.8. The van der Waals surface area contributed by atoms with Crippen LogP contribution >= 0.6 is 0 Å². The molecule has 0 aliphatic carbocycles. The number of alkyl halides is 2. The highest BCUT2D eigenvalue weighted by molar-refractivity contribution is 6.02. The smallest absolute Gasteiger partial charge is 0.388 e. The number of pyridine rings is 1. The lowest BCUT2D eigenvalue weighted by molar-refractivity contribution is -0.145. The molecule has 0 atom stereocenters. The number of nitrogens with zero attached hydrogens (tertiary/aromatic N) is 3. The molecule has 1 aromatic carbocycles. The number of likely N-dealkylation sites (tertiary alicyclic amines) is 2. The van der Waals surface area contributed by atoms with Gasteiger partial charge in [-0.25, -0.2) is 4.98 Å². The molecule has 0 radical (unpaired) electrons. The molecule has 40 heavy (non-hydrogen) atoms. The Morgan fingerprint density at radius 1 is 1.12 bits per heavy atom. The number of aryl methyl sites for hydroxylation is 1. The molecule has 1 N–H and O–H groups in total. The summed E-state index contributed by atoms with van der Waals surface area (Å²) in [7, 11) is 1.70. The Bertz CT molecular complexity index is 1180. The SMILES string of the molecule is COCCN1CCC(CC(=O)N2CC(C(=O)Nc3ccc(C)nc3OC(F)F)(c3ccccc3C(C)C)C2)CC1. The molecule has 2 aliphatic heterocycles. The summed E-state index contributed by atoms with van der Waals surface area (Å²) < 4.78 is 35.9. The zero-order valence-corrected chi connectivity index (χ0v) is 23.8. The number of methoxy groups -OCH3 is 1. The molecule has 1 aromatic heterocycles. The second kappa shape index (κ2) is 13.0. The molecule has 3 heterocycles. The van der Waals surface area contributed by atoms with Crippen molar-refractivity contribution in [1.29, 1.82) is 0 Å². The van der Waals surface area contributed by atoms with Gasteiger partial charge < -0.3 is 24.6 Å². The van der Waals surface area contributed by atoms with Crippen LogP contribution in [-0.2, 0) is 19.7 Å². The number of benzene rings is 1. The normalized spacial score (nSPS) is 17.6. The fraction of sp³-hybridized carbons (Fsp3) is 0.567. The van der Waals surface area contributed by atoms with E-state index < -0.39 is 12.0 Å². The Morgan fingerprint density at radius 3 is 2.48 bits per heavy atom. The summed E-state index contributed by atoms with van der Waals surface area (Å²) in [5, 5.41) is 2.80. The second-order valence-electron chi connectivity index (χ2n) is 11.2. The van der Waals surface area contributed by atoms with Crippen LogP contribution in [0.3, 0.4) is 0 Å². The van der Waals surface area contributed by atoms with Gasteiger partial charge in [-0.2, -0.15) is 8.78 Å². The minimum absolute atomic E-state index is 0.0412. The summed E-state index contributed by atoms with van der Waals surface area (Å²) in [6.45, 7) is 6.63. The summed E-state index contributed by atoms with van der Waals surface area (Å²) in [5.41, 5.74) is 1.39. The van der Waals surface area contributed by atoms with Gasteiger partial charge in [-0.15, -0.1) is 0 Å². The number of carbonyl (C=O) groups is 2. The van der Waals surface area contributed by atoms with Crippen molar-refractivity contribution >= 4 is 17.5 Å². The Balaban J connectivity index is 1.51. The van der Waals surface area contributed by atoms with Crippen LogP contribution in [0.15, 0.2) is 36.4 Å². The quantitative estimate of drug-likeness (QED) is 0.435. The monoisotopic (exact) mass is 558 g/mol. The van der Waals surface area contributed by atoms with Crippen molar-refractivity contribution in [3.63, 3.8) is 0 Å². The molecule has 2 saturated heterocycles. The Hall–Kier alpha value is -3.11. The molecule has 4 rings (SSSR count). The fourth-order valence-corrected chi connectivity index (χ4v) is 5.71. The van der Waals surface area contributed by atoms with Crippen LogP contribution in [0.2, 0.25) is 0 Å². The van der Waals surface area contributed by atoms with Gasteiger partial charge in [0.05, 0.1) is 6.61 Å². The topological polar surface area (TPSA) is 84.0 Å². The van der Waals surface area contributed by atoms with Gasteiger partial charge in [0, 0.05) is 38.9 Å². The van der Waals surface area contributed by atoms with Gasteiger partial charge >= 0.3 is 6.61 Å². The lowest BCUT2D eigenvalue weighted by Crippen LogP contribution is -2.66. The van der Waals surface area contributed by atoms with E-state index in [0.717, 1.165) is 43.6 Å². The molecule has 0 spiro atoms. The summed E-state index contributed by atoms with van der Waals surface area (Å²) in [6, 6.07) is 10.9. The fourth-order valence-electron chi connectivity index (χ4n) is 5.71. The van der Waals surface area contributed by atoms with E-state index in [2.05, 4.69) is 33.8 Å². The maximum atomic E-state index is 14.0. The number of ether oxygens (including phenoxy) is 2. The Morgan fingerprint density at radius 2 is 1.82 bits per heavy atom. The number of aromatic nitrogens is 1. The third kappa shape index (κ3) is 6.78. The highest BCUT2D eigenvalue weighted by atomic mass is 19.3. The van der Waals surface area contributed by atoms with E-state index in [1.54, 1.807) is 25.0 Å². The molecule has 2 amide bonds. The highest BCUT2D eigenvalue weighted by Crippen LogP contribution is 2.41. The van der Waals surface area contributed by atoms with Crippen LogP contribution in [0, 0.1) is 12.8 Å².